The Labute approximate surface area is 128 Å². The van der Waals surface area contributed by atoms with Gasteiger partial charge in [0.05, 0.1) is 0 Å². The Balaban J connectivity index is 1.92. The lowest BCUT2D eigenvalue weighted by atomic mass is 9.84. The van der Waals surface area contributed by atoms with Gasteiger partial charge in [0, 0.05) is 22.9 Å². The number of benzene rings is 1. The van der Waals surface area contributed by atoms with Crippen molar-refractivity contribution in [1.29, 1.82) is 0 Å². The molecular weight excluding hydrogens is 286 g/mol. The van der Waals surface area contributed by atoms with E-state index in [1.807, 2.05) is 11.8 Å². The molecular formula is C16H19NO3S. The zero-order valence-corrected chi connectivity index (χ0v) is 12.8. The standard InChI is InChI=1S/C16H19NO3S/c1-21-16(9-2-10-16)11-17-15(20)13-6-3-12(4-7-13)5-8-14(18)19/h3-8H,2,9-11H2,1H3,(H,17,20)(H,18,19)/b8-5+. The predicted octanol–water partition coefficient (Wildman–Crippen LogP) is 2.80. The number of hydrogen-bond donors (Lipinski definition) is 2. The third-order valence-corrected chi connectivity index (χ3v) is 5.28. The predicted molar refractivity (Wildman–Crippen MR) is 85.5 cm³/mol. The Morgan fingerprint density at radius 3 is 2.48 bits per heavy atom. The summed E-state index contributed by atoms with van der Waals surface area (Å²) in [6.45, 7) is 0.702. The van der Waals surface area contributed by atoms with Crippen molar-refractivity contribution in [2.45, 2.75) is 24.0 Å². The van der Waals surface area contributed by atoms with E-state index in [0.717, 1.165) is 24.5 Å². The molecule has 0 unspecified atom stereocenters. The third kappa shape index (κ3) is 4.11. The molecule has 1 aromatic rings. The van der Waals surface area contributed by atoms with Crippen molar-refractivity contribution in [2.24, 2.45) is 0 Å². The first-order valence-electron chi connectivity index (χ1n) is 6.89. The lowest BCUT2D eigenvalue weighted by Gasteiger charge is -2.40. The van der Waals surface area contributed by atoms with Gasteiger partial charge in [0.1, 0.15) is 0 Å². The molecule has 0 radical (unpaired) electrons. The Morgan fingerprint density at radius 2 is 2.00 bits per heavy atom. The van der Waals surface area contributed by atoms with Crippen LogP contribution in [-0.4, -0.2) is 34.5 Å². The van der Waals surface area contributed by atoms with Crippen LogP contribution in [0.1, 0.15) is 35.2 Å². The molecule has 1 saturated carbocycles. The van der Waals surface area contributed by atoms with Crippen LogP contribution >= 0.6 is 11.8 Å². The lowest BCUT2D eigenvalue weighted by molar-refractivity contribution is -0.131. The molecule has 2 N–H and O–H groups in total. The Bertz CT molecular complexity index is 542. The van der Waals surface area contributed by atoms with Gasteiger partial charge in [-0.15, -0.1) is 0 Å². The van der Waals surface area contributed by atoms with Crippen molar-refractivity contribution in [3.63, 3.8) is 0 Å². The van der Waals surface area contributed by atoms with Crippen molar-refractivity contribution < 1.29 is 14.7 Å². The first-order chi connectivity index (χ1) is 10.0. The SMILES string of the molecule is CSC1(CNC(=O)c2ccc(/C=C/C(=O)O)cc2)CCC1. The maximum absolute atomic E-state index is 12.1. The number of hydrogen-bond acceptors (Lipinski definition) is 3. The van der Waals surface area contributed by atoms with Crippen LogP contribution in [0.25, 0.3) is 6.08 Å². The van der Waals surface area contributed by atoms with E-state index < -0.39 is 5.97 Å². The molecule has 0 spiro atoms. The second kappa shape index (κ2) is 6.80. The number of amides is 1. The quantitative estimate of drug-likeness (QED) is 0.793. The molecule has 1 aromatic carbocycles. The van der Waals surface area contributed by atoms with Crippen molar-refractivity contribution in [1.82, 2.24) is 5.32 Å². The summed E-state index contributed by atoms with van der Waals surface area (Å²) in [5, 5.41) is 11.6. The Morgan fingerprint density at radius 1 is 1.33 bits per heavy atom. The lowest BCUT2D eigenvalue weighted by Crippen LogP contribution is -2.45. The van der Waals surface area contributed by atoms with Crippen molar-refractivity contribution in [2.75, 3.05) is 12.8 Å². The highest BCUT2D eigenvalue weighted by Gasteiger charge is 2.36. The molecule has 5 heteroatoms. The molecule has 0 atom stereocenters. The molecule has 0 aromatic heterocycles. The minimum atomic E-state index is -0.986. The smallest absolute Gasteiger partial charge is 0.328 e. The average Bonchev–Trinajstić information content (AvgIpc) is 2.44. The molecule has 0 bridgehead atoms. The Kier molecular flexibility index (Phi) is 5.07. The summed E-state index contributed by atoms with van der Waals surface area (Å²) in [5.41, 5.74) is 1.35. The van der Waals surface area contributed by atoms with Gasteiger partial charge in [-0.2, -0.15) is 11.8 Å². The van der Waals surface area contributed by atoms with Gasteiger partial charge in [-0.1, -0.05) is 18.6 Å². The number of aliphatic carboxylic acids is 1. The first-order valence-corrected chi connectivity index (χ1v) is 8.12. The fourth-order valence-corrected chi connectivity index (χ4v) is 3.19. The van der Waals surface area contributed by atoms with E-state index in [4.69, 9.17) is 5.11 Å². The van der Waals surface area contributed by atoms with Crippen LogP contribution in [0.3, 0.4) is 0 Å². The van der Waals surface area contributed by atoms with Crippen LogP contribution in [0.5, 0.6) is 0 Å². The monoisotopic (exact) mass is 305 g/mol. The molecule has 112 valence electrons. The molecule has 21 heavy (non-hydrogen) atoms. The van der Waals surface area contributed by atoms with Crippen molar-refractivity contribution in [3.05, 3.63) is 41.5 Å². The maximum atomic E-state index is 12.1. The van der Waals surface area contributed by atoms with Gasteiger partial charge < -0.3 is 10.4 Å². The third-order valence-electron chi connectivity index (χ3n) is 3.86. The number of carboxylic acid groups (broad SMARTS) is 1. The van der Waals surface area contributed by atoms with Crippen molar-refractivity contribution >= 4 is 29.7 Å². The van der Waals surface area contributed by atoms with E-state index in [0.29, 0.717) is 12.1 Å². The summed E-state index contributed by atoms with van der Waals surface area (Å²) in [6, 6.07) is 6.90. The number of rotatable bonds is 6. The highest BCUT2D eigenvalue weighted by molar-refractivity contribution is 8.00. The number of nitrogens with one attached hydrogen (secondary N) is 1. The molecule has 2 rings (SSSR count). The maximum Gasteiger partial charge on any atom is 0.328 e. The molecule has 0 saturated heterocycles. The van der Waals surface area contributed by atoms with Gasteiger partial charge in [0.25, 0.3) is 5.91 Å². The normalized spacial score (nSPS) is 16.4. The van der Waals surface area contributed by atoms with E-state index in [1.54, 1.807) is 24.3 Å². The topological polar surface area (TPSA) is 66.4 Å². The fourth-order valence-electron chi connectivity index (χ4n) is 2.28. The van der Waals surface area contributed by atoms with Gasteiger partial charge in [-0.3, -0.25) is 4.79 Å². The van der Waals surface area contributed by atoms with E-state index >= 15 is 0 Å². The van der Waals surface area contributed by atoms with Gasteiger partial charge >= 0.3 is 5.97 Å². The zero-order valence-electron chi connectivity index (χ0n) is 12.0. The summed E-state index contributed by atoms with van der Waals surface area (Å²) in [7, 11) is 0. The van der Waals surface area contributed by atoms with Gasteiger partial charge in [-0.05, 0) is 42.9 Å². The summed E-state index contributed by atoms with van der Waals surface area (Å²) in [6.07, 6.45) is 8.23. The van der Waals surface area contributed by atoms with Crippen LogP contribution in [0, 0.1) is 0 Å². The summed E-state index contributed by atoms with van der Waals surface area (Å²) >= 11 is 1.83. The Hall–Kier alpha value is -1.75. The largest absolute Gasteiger partial charge is 0.478 e. The second-order valence-corrected chi connectivity index (χ2v) is 6.49. The van der Waals surface area contributed by atoms with E-state index in [2.05, 4.69) is 11.6 Å². The highest BCUT2D eigenvalue weighted by atomic mass is 32.2. The minimum Gasteiger partial charge on any atom is -0.478 e. The average molecular weight is 305 g/mol. The molecule has 1 fully saturated rings. The molecule has 0 heterocycles. The molecule has 1 aliphatic rings. The minimum absolute atomic E-state index is 0.0795. The van der Waals surface area contributed by atoms with Gasteiger partial charge in [0.15, 0.2) is 0 Å². The summed E-state index contributed by atoms with van der Waals surface area (Å²) in [4.78, 5) is 22.5. The molecule has 1 aliphatic carbocycles. The van der Waals surface area contributed by atoms with E-state index in [1.165, 1.54) is 12.5 Å². The number of carbonyl (C=O) groups excluding carboxylic acids is 1. The van der Waals surface area contributed by atoms with E-state index in [9.17, 15) is 9.59 Å². The molecule has 1 amide bonds. The van der Waals surface area contributed by atoms with Crippen LogP contribution in [-0.2, 0) is 4.79 Å². The first kappa shape index (κ1) is 15.6. The van der Waals surface area contributed by atoms with Gasteiger partial charge in [0.2, 0.25) is 0 Å². The van der Waals surface area contributed by atoms with Crippen LogP contribution in [0.15, 0.2) is 30.3 Å². The van der Waals surface area contributed by atoms with E-state index in [-0.39, 0.29) is 10.7 Å². The summed E-state index contributed by atoms with van der Waals surface area (Å²) in [5.74, 6) is -1.07. The number of carboxylic acids is 1. The van der Waals surface area contributed by atoms with Crippen LogP contribution in [0.2, 0.25) is 0 Å². The molecule has 0 aliphatic heterocycles. The van der Waals surface area contributed by atoms with Gasteiger partial charge in [-0.25, -0.2) is 4.79 Å². The molecule has 4 nitrogen and oxygen atoms in total. The summed E-state index contributed by atoms with van der Waals surface area (Å²) < 4.78 is 0.222. The van der Waals surface area contributed by atoms with Crippen LogP contribution < -0.4 is 5.32 Å². The van der Waals surface area contributed by atoms with Crippen LogP contribution in [0.4, 0.5) is 0 Å². The number of thioether (sulfide) groups is 1. The highest BCUT2D eigenvalue weighted by Crippen LogP contribution is 2.42. The van der Waals surface area contributed by atoms with Crippen molar-refractivity contribution in [3.8, 4) is 0 Å². The second-order valence-electron chi connectivity index (χ2n) is 5.22. The zero-order chi connectivity index (χ0) is 15.3. The fraction of sp³-hybridized carbons (Fsp3) is 0.375. The number of carbonyl (C=O) groups is 2.